The summed E-state index contributed by atoms with van der Waals surface area (Å²) in [6.45, 7) is 9.82. The first-order valence-electron chi connectivity index (χ1n) is 10.6. The molecule has 2 nitrogen and oxygen atoms in total. The fraction of sp³-hybridized carbons (Fsp3) is 0.783. The van der Waals surface area contributed by atoms with Crippen LogP contribution in [-0.2, 0) is 4.79 Å². The number of hydrogen-bond donors (Lipinski definition) is 1. The number of ketones is 1. The zero-order valence-electron chi connectivity index (χ0n) is 17.6. The third kappa shape index (κ3) is 21.1. The Balaban J connectivity index is 0. The minimum Gasteiger partial charge on any atom is -0.389 e. The second-order valence-electron chi connectivity index (χ2n) is 6.66. The molecule has 0 aromatic rings. The molecule has 1 N–H and O–H groups in total. The molecule has 0 saturated heterocycles. The lowest BCUT2D eigenvalue weighted by atomic mass is 10.1. The highest BCUT2D eigenvalue weighted by molar-refractivity contribution is 5.75. The van der Waals surface area contributed by atoms with Gasteiger partial charge in [-0.1, -0.05) is 77.2 Å². The van der Waals surface area contributed by atoms with E-state index in [1.807, 2.05) is 32.9 Å². The molecule has 1 rings (SSSR count). The van der Waals surface area contributed by atoms with Gasteiger partial charge in [0, 0.05) is 6.42 Å². The molecule has 1 atom stereocenters. The molecule has 0 spiro atoms. The lowest BCUT2D eigenvalue weighted by Gasteiger charge is -2.06. The SMILES string of the molecule is C/C=C\CCCC(C)=O.CC.CCCCC[C@H](O)/C=C/C1CCCC1. The summed E-state index contributed by atoms with van der Waals surface area (Å²) >= 11 is 0. The first-order valence-corrected chi connectivity index (χ1v) is 10.6. The molecule has 1 aliphatic carbocycles. The lowest BCUT2D eigenvalue weighted by molar-refractivity contribution is -0.117. The highest BCUT2D eigenvalue weighted by Crippen LogP contribution is 2.25. The number of carbonyl (C=O) groups excluding carboxylic acids is 1. The first kappa shape index (κ1) is 26.3. The van der Waals surface area contributed by atoms with Gasteiger partial charge in [-0.25, -0.2) is 0 Å². The van der Waals surface area contributed by atoms with E-state index in [1.54, 1.807) is 6.92 Å². The first-order chi connectivity index (χ1) is 12.1. The van der Waals surface area contributed by atoms with Crippen molar-refractivity contribution in [1.29, 1.82) is 0 Å². The van der Waals surface area contributed by atoms with Crippen LogP contribution in [0.5, 0.6) is 0 Å². The molecule has 0 amide bonds. The van der Waals surface area contributed by atoms with Crippen LogP contribution in [0.1, 0.15) is 105 Å². The van der Waals surface area contributed by atoms with Gasteiger partial charge in [0.15, 0.2) is 0 Å². The number of aliphatic hydroxyl groups excluding tert-OH is 1. The maximum Gasteiger partial charge on any atom is 0.129 e. The van der Waals surface area contributed by atoms with E-state index in [0.717, 1.165) is 38.0 Å². The molecule has 1 fully saturated rings. The molecule has 0 radical (unpaired) electrons. The normalized spacial score (nSPS) is 15.6. The number of unbranched alkanes of at least 4 members (excludes halogenated alkanes) is 3. The summed E-state index contributed by atoms with van der Waals surface area (Å²) in [7, 11) is 0. The van der Waals surface area contributed by atoms with Crippen LogP contribution in [0.25, 0.3) is 0 Å². The third-order valence-electron chi connectivity index (χ3n) is 4.24. The van der Waals surface area contributed by atoms with Crippen molar-refractivity contribution in [3.63, 3.8) is 0 Å². The second kappa shape index (κ2) is 21.2. The summed E-state index contributed by atoms with van der Waals surface area (Å²) in [5.41, 5.74) is 0. The van der Waals surface area contributed by atoms with E-state index < -0.39 is 0 Å². The highest BCUT2D eigenvalue weighted by atomic mass is 16.3. The van der Waals surface area contributed by atoms with Crippen LogP contribution >= 0.6 is 0 Å². The Morgan fingerprint density at radius 3 is 2.32 bits per heavy atom. The Bertz CT molecular complexity index is 325. The van der Waals surface area contributed by atoms with Gasteiger partial charge in [-0.2, -0.15) is 0 Å². The average molecular weight is 353 g/mol. The monoisotopic (exact) mass is 352 g/mol. The molecule has 0 bridgehead atoms. The van der Waals surface area contributed by atoms with E-state index in [9.17, 15) is 9.90 Å². The van der Waals surface area contributed by atoms with Crippen LogP contribution in [0.2, 0.25) is 0 Å². The zero-order chi connectivity index (χ0) is 19.3. The maximum absolute atomic E-state index is 10.4. The van der Waals surface area contributed by atoms with Crippen molar-refractivity contribution in [2.75, 3.05) is 0 Å². The molecule has 2 heteroatoms. The van der Waals surface area contributed by atoms with E-state index in [-0.39, 0.29) is 6.10 Å². The standard InChI is InChI=1S/C13H24O.C8H14O.C2H6/c1-2-3-4-9-13(14)11-10-12-7-5-6-8-12;1-3-4-5-6-7-8(2)9;1-2/h10-14H,2-9H2,1H3;3-4H,5-7H2,1-2H3;1-2H3/b11-10+;4-3-;/t13-;;/m0../s1. The predicted octanol–water partition coefficient (Wildman–Crippen LogP) is 7.02. The third-order valence-corrected chi connectivity index (χ3v) is 4.24. The Hall–Kier alpha value is -0.890. The van der Waals surface area contributed by atoms with Gasteiger partial charge in [0.2, 0.25) is 0 Å². The fourth-order valence-corrected chi connectivity index (χ4v) is 2.77. The van der Waals surface area contributed by atoms with E-state index in [0.29, 0.717) is 5.78 Å². The van der Waals surface area contributed by atoms with Gasteiger partial charge in [0.1, 0.15) is 5.78 Å². The molecule has 0 aliphatic heterocycles. The van der Waals surface area contributed by atoms with Gasteiger partial charge >= 0.3 is 0 Å². The summed E-state index contributed by atoms with van der Waals surface area (Å²) < 4.78 is 0. The quantitative estimate of drug-likeness (QED) is 0.339. The van der Waals surface area contributed by atoms with E-state index >= 15 is 0 Å². The van der Waals surface area contributed by atoms with Crippen LogP contribution < -0.4 is 0 Å². The molecular weight excluding hydrogens is 308 g/mol. The van der Waals surface area contributed by atoms with Crippen molar-refractivity contribution in [3.05, 3.63) is 24.3 Å². The van der Waals surface area contributed by atoms with Crippen molar-refractivity contribution in [2.45, 2.75) is 111 Å². The molecule has 148 valence electrons. The highest BCUT2D eigenvalue weighted by Gasteiger charge is 2.11. The number of carbonyl (C=O) groups is 1. The largest absolute Gasteiger partial charge is 0.389 e. The van der Waals surface area contributed by atoms with E-state index in [1.165, 1.54) is 38.5 Å². The lowest BCUT2D eigenvalue weighted by Crippen LogP contribution is -2.02. The Kier molecular flexibility index (Phi) is 22.3. The number of Topliss-reactive ketones (excluding diaryl/α,β-unsaturated/α-hetero) is 1. The number of allylic oxidation sites excluding steroid dienone is 3. The van der Waals surface area contributed by atoms with E-state index in [4.69, 9.17) is 0 Å². The number of rotatable bonds is 10. The van der Waals surface area contributed by atoms with Crippen LogP contribution in [0.3, 0.4) is 0 Å². The number of aliphatic hydroxyl groups is 1. The van der Waals surface area contributed by atoms with Crippen LogP contribution in [0.4, 0.5) is 0 Å². The van der Waals surface area contributed by atoms with Crippen molar-refractivity contribution in [2.24, 2.45) is 5.92 Å². The smallest absolute Gasteiger partial charge is 0.129 e. The minimum absolute atomic E-state index is 0.192. The molecule has 0 aromatic carbocycles. The fourth-order valence-electron chi connectivity index (χ4n) is 2.77. The van der Waals surface area contributed by atoms with Crippen LogP contribution in [0.15, 0.2) is 24.3 Å². The van der Waals surface area contributed by atoms with Gasteiger partial charge < -0.3 is 9.90 Å². The molecule has 25 heavy (non-hydrogen) atoms. The van der Waals surface area contributed by atoms with Crippen molar-refractivity contribution < 1.29 is 9.90 Å². The molecule has 1 aliphatic rings. The summed E-state index contributed by atoms with van der Waals surface area (Å²) in [6.07, 6.45) is 20.9. The van der Waals surface area contributed by atoms with Crippen molar-refractivity contribution >= 4 is 5.78 Å². The Morgan fingerprint density at radius 1 is 1.16 bits per heavy atom. The van der Waals surface area contributed by atoms with Gasteiger partial charge in [-0.3, -0.25) is 0 Å². The predicted molar refractivity (Wildman–Crippen MR) is 112 cm³/mol. The Labute approximate surface area is 157 Å². The molecule has 0 heterocycles. The summed E-state index contributed by atoms with van der Waals surface area (Å²) in [6, 6.07) is 0. The molecular formula is C23H44O2. The summed E-state index contributed by atoms with van der Waals surface area (Å²) in [5, 5.41) is 9.65. The van der Waals surface area contributed by atoms with Crippen molar-refractivity contribution in [1.82, 2.24) is 0 Å². The van der Waals surface area contributed by atoms with Gasteiger partial charge in [-0.15, -0.1) is 0 Å². The molecule has 0 aromatic heterocycles. The van der Waals surface area contributed by atoms with Crippen LogP contribution in [-0.4, -0.2) is 17.0 Å². The molecule has 1 saturated carbocycles. The number of hydrogen-bond acceptors (Lipinski definition) is 2. The summed E-state index contributed by atoms with van der Waals surface area (Å²) in [5.74, 6) is 1.05. The van der Waals surface area contributed by atoms with Gasteiger partial charge in [0.05, 0.1) is 6.10 Å². The van der Waals surface area contributed by atoms with Gasteiger partial charge in [-0.05, 0) is 51.9 Å². The Morgan fingerprint density at radius 2 is 1.80 bits per heavy atom. The van der Waals surface area contributed by atoms with E-state index in [2.05, 4.69) is 19.1 Å². The van der Waals surface area contributed by atoms with Crippen LogP contribution in [0, 0.1) is 5.92 Å². The minimum atomic E-state index is -0.192. The summed E-state index contributed by atoms with van der Waals surface area (Å²) in [4.78, 5) is 10.4. The topological polar surface area (TPSA) is 37.3 Å². The molecule has 0 unspecified atom stereocenters. The second-order valence-corrected chi connectivity index (χ2v) is 6.66. The average Bonchev–Trinajstić information content (AvgIpc) is 3.13. The zero-order valence-corrected chi connectivity index (χ0v) is 17.6. The van der Waals surface area contributed by atoms with Gasteiger partial charge in [0.25, 0.3) is 0 Å². The van der Waals surface area contributed by atoms with Crippen molar-refractivity contribution in [3.8, 4) is 0 Å². The maximum atomic E-state index is 10.4.